The van der Waals surface area contributed by atoms with Crippen LogP contribution in [0.2, 0.25) is 0 Å². The molecule has 0 N–H and O–H groups in total. The second-order valence-corrected chi connectivity index (χ2v) is 29.3. The van der Waals surface area contributed by atoms with E-state index in [2.05, 4.69) is 397 Å². The van der Waals surface area contributed by atoms with Crippen molar-refractivity contribution < 1.29 is 0 Å². The smallest absolute Gasteiger partial charge is 0.252 e. The maximum Gasteiger partial charge on any atom is 0.252 e. The molecule has 2 aliphatic rings. The number of nitrogens with zero attached hydrogens (tertiary/aromatic N) is 4. The molecule has 5 heteroatoms. The Morgan fingerprint density at radius 2 is 0.619 bits per heavy atom. The molecule has 2 aliphatic heterocycles. The Kier molecular flexibility index (Phi) is 15.0. The van der Waals surface area contributed by atoms with Gasteiger partial charge in [-0.3, -0.25) is 0 Å². The number of fused-ring (bicyclic) bond motifs is 6. The number of hydrogen-bond donors (Lipinski definition) is 0. The van der Waals surface area contributed by atoms with Gasteiger partial charge in [-0.2, -0.15) is 0 Å². The van der Waals surface area contributed by atoms with Gasteiger partial charge in [-0.25, -0.2) is 0 Å². The summed E-state index contributed by atoms with van der Waals surface area (Å²) in [6.45, 7) is 20.9. The maximum absolute atomic E-state index is 2.67. The standard InChI is InChI=1S/C92H79BN4/c1-90(2,3)65-49-54-81(77(57-65)62-32-16-10-17-33-62)96-83-56-64(87-73-44-28-30-46-75(73)89(76-47-31-29-45-74(76)87)95(70-40-24-14-25-41-70)71-42-26-15-27-43-71)48-52-79(83)93-80-53-51-72(94(68-36-20-12-21-37-68)69-38-22-13-23-39-69)61-84(80)97(86-60-67(92(7,8)9)59-85(96)88(86)93)82-55-50-66(91(4,5)6)58-78(82)63-34-18-11-19-35-63/h10-61H,1-9H3. The van der Waals surface area contributed by atoms with Crippen molar-refractivity contribution in [2.75, 3.05) is 19.6 Å². The molecule has 0 amide bonds. The first-order chi connectivity index (χ1) is 47.1. The van der Waals surface area contributed by atoms with Crippen LogP contribution in [0.3, 0.4) is 0 Å². The minimum Gasteiger partial charge on any atom is -0.311 e. The molecule has 0 aromatic heterocycles. The van der Waals surface area contributed by atoms with E-state index in [0.29, 0.717) is 0 Å². The third-order valence-corrected chi connectivity index (χ3v) is 20.0. The summed E-state index contributed by atoms with van der Waals surface area (Å²) in [5, 5.41) is 4.73. The van der Waals surface area contributed by atoms with Crippen molar-refractivity contribution in [1.82, 2.24) is 0 Å². The van der Waals surface area contributed by atoms with Gasteiger partial charge in [0.05, 0.1) is 17.1 Å². The van der Waals surface area contributed by atoms with Crippen LogP contribution in [0, 0.1) is 0 Å². The topological polar surface area (TPSA) is 13.0 Å². The fourth-order valence-corrected chi connectivity index (χ4v) is 15.1. The molecule has 14 aromatic carbocycles. The second kappa shape index (κ2) is 24.0. The Bertz CT molecular complexity index is 5150. The summed E-state index contributed by atoms with van der Waals surface area (Å²) < 4.78 is 0. The van der Waals surface area contributed by atoms with E-state index in [1.807, 2.05) is 0 Å². The first-order valence-electron chi connectivity index (χ1n) is 34.3. The fourth-order valence-electron chi connectivity index (χ4n) is 15.1. The van der Waals surface area contributed by atoms with Gasteiger partial charge >= 0.3 is 0 Å². The quantitative estimate of drug-likeness (QED) is 0.0945. The van der Waals surface area contributed by atoms with Gasteiger partial charge in [0.15, 0.2) is 0 Å². The van der Waals surface area contributed by atoms with E-state index in [4.69, 9.17) is 0 Å². The number of benzene rings is 14. The molecule has 97 heavy (non-hydrogen) atoms. The Morgan fingerprint density at radius 3 is 1.03 bits per heavy atom. The van der Waals surface area contributed by atoms with Crippen LogP contribution in [0.1, 0.15) is 79.0 Å². The van der Waals surface area contributed by atoms with E-state index in [9.17, 15) is 0 Å². The maximum atomic E-state index is 2.67. The Labute approximate surface area is 573 Å². The number of para-hydroxylation sites is 4. The van der Waals surface area contributed by atoms with Crippen molar-refractivity contribution >= 4 is 113 Å². The second-order valence-electron chi connectivity index (χ2n) is 29.3. The number of hydrogen-bond acceptors (Lipinski definition) is 4. The van der Waals surface area contributed by atoms with E-state index in [0.717, 1.165) is 62.4 Å². The Morgan fingerprint density at radius 1 is 0.258 bits per heavy atom. The summed E-state index contributed by atoms with van der Waals surface area (Å²) in [5.74, 6) is 0. The van der Waals surface area contributed by atoms with E-state index < -0.39 is 0 Å². The van der Waals surface area contributed by atoms with Crippen LogP contribution in [-0.4, -0.2) is 6.71 Å². The summed E-state index contributed by atoms with van der Waals surface area (Å²) in [6.07, 6.45) is 0. The first-order valence-corrected chi connectivity index (χ1v) is 34.3. The van der Waals surface area contributed by atoms with Gasteiger partial charge in [-0.05, 0) is 185 Å². The number of rotatable bonds is 11. The van der Waals surface area contributed by atoms with Crippen molar-refractivity contribution in [2.45, 2.75) is 78.6 Å². The van der Waals surface area contributed by atoms with E-state index in [1.54, 1.807) is 0 Å². The number of anilines is 12. The van der Waals surface area contributed by atoms with Crippen LogP contribution >= 0.6 is 0 Å². The van der Waals surface area contributed by atoms with Crippen molar-refractivity contribution in [3.63, 3.8) is 0 Å². The lowest BCUT2D eigenvalue weighted by Gasteiger charge is -2.46. The molecule has 0 spiro atoms. The molecule has 14 aromatic rings. The highest BCUT2D eigenvalue weighted by atomic mass is 15.2. The molecular weight excluding hydrogens is 1170 g/mol. The molecule has 470 valence electrons. The van der Waals surface area contributed by atoms with Gasteiger partial charge in [0.2, 0.25) is 0 Å². The van der Waals surface area contributed by atoms with E-state index >= 15 is 0 Å². The lowest BCUT2D eigenvalue weighted by Crippen LogP contribution is -2.61. The van der Waals surface area contributed by atoms with Crippen molar-refractivity contribution in [2.24, 2.45) is 0 Å². The SMILES string of the molecule is CC(C)(C)c1ccc(N2c3cc(-c4c5ccccc5c(N(c5ccccc5)c5ccccc5)c5ccccc45)ccc3B3c4ccc(N(c5ccccc5)c5ccccc5)cc4N(c4ccc(C(C)(C)C)cc4-c4ccccc4)c4cc(C(C)(C)C)cc2c43)c(-c2ccccc2)c1. The molecule has 0 aliphatic carbocycles. The summed E-state index contributed by atoms with van der Waals surface area (Å²) >= 11 is 0. The highest BCUT2D eigenvalue weighted by molar-refractivity contribution is 7.00. The summed E-state index contributed by atoms with van der Waals surface area (Å²) in [7, 11) is 0. The highest BCUT2D eigenvalue weighted by Gasteiger charge is 2.46. The Balaban J connectivity index is 1.03. The van der Waals surface area contributed by atoms with E-state index in [-0.39, 0.29) is 23.0 Å². The Hall–Kier alpha value is -11.1. The molecule has 0 unspecified atom stereocenters. The minimum absolute atomic E-state index is 0.106. The zero-order valence-corrected chi connectivity index (χ0v) is 56.9. The molecule has 0 saturated carbocycles. The molecule has 0 radical (unpaired) electrons. The molecule has 0 atom stereocenters. The van der Waals surface area contributed by atoms with Crippen molar-refractivity contribution in [1.29, 1.82) is 0 Å². The first kappa shape index (κ1) is 60.8. The predicted octanol–water partition coefficient (Wildman–Crippen LogP) is 23.9. The lowest BCUT2D eigenvalue weighted by atomic mass is 9.33. The predicted molar refractivity (Wildman–Crippen MR) is 417 cm³/mol. The molecule has 0 fully saturated rings. The molecular formula is C92H79BN4. The van der Waals surface area contributed by atoms with Crippen molar-refractivity contribution in [3.05, 3.63) is 332 Å². The van der Waals surface area contributed by atoms with Crippen molar-refractivity contribution in [3.8, 4) is 33.4 Å². The van der Waals surface area contributed by atoms with Gasteiger partial charge < -0.3 is 19.6 Å². The third-order valence-electron chi connectivity index (χ3n) is 20.0. The molecule has 0 bridgehead atoms. The van der Waals surface area contributed by atoms with Crippen LogP contribution in [0.5, 0.6) is 0 Å². The van der Waals surface area contributed by atoms with E-state index in [1.165, 1.54) is 93.8 Å². The van der Waals surface area contributed by atoms with Crippen LogP contribution in [0.15, 0.2) is 315 Å². The summed E-state index contributed by atoms with van der Waals surface area (Å²) in [4.78, 5) is 10.2. The molecule has 16 rings (SSSR count). The third kappa shape index (κ3) is 10.7. The lowest BCUT2D eigenvalue weighted by molar-refractivity contribution is 0.590. The minimum atomic E-state index is -0.274. The molecule has 4 nitrogen and oxygen atoms in total. The molecule has 0 saturated heterocycles. The van der Waals surface area contributed by atoms with Gasteiger partial charge in [0, 0.05) is 73.1 Å². The van der Waals surface area contributed by atoms with Crippen LogP contribution in [0.4, 0.5) is 68.2 Å². The highest BCUT2D eigenvalue weighted by Crippen LogP contribution is 2.54. The summed E-state index contributed by atoms with van der Waals surface area (Å²) in [5.41, 5.74) is 27.6. The normalized spacial score (nSPS) is 12.7. The zero-order chi connectivity index (χ0) is 66.3. The average Bonchev–Trinajstić information content (AvgIpc) is 0.692. The van der Waals surface area contributed by atoms with Gasteiger partial charge in [-0.15, -0.1) is 0 Å². The average molecular weight is 1250 g/mol. The zero-order valence-electron chi connectivity index (χ0n) is 56.9. The van der Waals surface area contributed by atoms with Gasteiger partial charge in [0.25, 0.3) is 6.71 Å². The van der Waals surface area contributed by atoms with Crippen LogP contribution in [0.25, 0.3) is 54.9 Å². The molecule has 2 heterocycles. The summed E-state index contributed by atoms with van der Waals surface area (Å²) in [6, 6.07) is 118. The van der Waals surface area contributed by atoms with Crippen LogP contribution in [-0.2, 0) is 16.2 Å². The monoisotopic (exact) mass is 1250 g/mol. The largest absolute Gasteiger partial charge is 0.311 e. The van der Waals surface area contributed by atoms with Crippen LogP contribution < -0.4 is 36.0 Å². The van der Waals surface area contributed by atoms with Gasteiger partial charge in [-0.1, -0.05) is 275 Å². The fraction of sp³-hybridized carbons (Fsp3) is 0.130. The van der Waals surface area contributed by atoms with Gasteiger partial charge in [0.1, 0.15) is 0 Å².